The summed E-state index contributed by atoms with van der Waals surface area (Å²) in [5.74, 6) is 0.434. The van der Waals surface area contributed by atoms with Crippen molar-refractivity contribution >= 4 is 17.1 Å². The highest BCUT2D eigenvalue weighted by Gasteiger charge is 2.36. The van der Waals surface area contributed by atoms with Crippen LogP contribution in [-0.4, -0.2) is 63.5 Å². The highest BCUT2D eigenvalue weighted by molar-refractivity contribution is 7.13. The van der Waals surface area contributed by atoms with Gasteiger partial charge in [-0.15, -0.1) is 0 Å². The zero-order valence-electron chi connectivity index (χ0n) is 19.9. The molecule has 0 amide bonds. The van der Waals surface area contributed by atoms with Crippen LogP contribution in [-0.2, 0) is 31.1 Å². The Morgan fingerprint density at radius 2 is 2.00 bits per heavy atom. The van der Waals surface area contributed by atoms with Crippen molar-refractivity contribution in [2.24, 2.45) is 13.0 Å². The molecule has 0 bridgehead atoms. The molecule has 3 heterocycles. The Hall–Kier alpha value is -2.01. The molecule has 4 rings (SSSR count). The molecule has 0 saturated heterocycles. The number of hydrogen-bond acceptors (Lipinski definition) is 6. The van der Waals surface area contributed by atoms with Gasteiger partial charge in [-0.1, -0.05) is 11.3 Å². The molecule has 2 aromatic rings. The van der Waals surface area contributed by atoms with Crippen LogP contribution < -0.4 is 4.74 Å². The maximum Gasteiger partial charge on any atom is 0.422 e. The number of halogens is 4. The highest BCUT2D eigenvalue weighted by Crippen LogP contribution is 2.39. The fourth-order valence-electron chi connectivity index (χ4n) is 5.01. The third kappa shape index (κ3) is 7.73. The molecular weight excluding hydrogens is 484 g/mol. The van der Waals surface area contributed by atoms with Crippen LogP contribution in [0.2, 0.25) is 0 Å². The molecule has 6 nitrogen and oxygen atoms in total. The second kappa shape index (κ2) is 10.9. The summed E-state index contributed by atoms with van der Waals surface area (Å²) in [5, 5.41) is 4.16. The fraction of sp³-hybridized carbons (Fsp3) is 0.708. The van der Waals surface area contributed by atoms with Gasteiger partial charge in [-0.25, -0.2) is 9.37 Å². The number of carbonyl (C=O) groups excluding carboxylic acids is 1. The van der Waals surface area contributed by atoms with Crippen molar-refractivity contribution < 1.29 is 27.1 Å². The lowest BCUT2D eigenvalue weighted by Gasteiger charge is -2.35. The number of thiazole rings is 1. The summed E-state index contributed by atoms with van der Waals surface area (Å²) in [6, 6.07) is 0. The van der Waals surface area contributed by atoms with E-state index in [0.717, 1.165) is 35.5 Å². The van der Waals surface area contributed by atoms with Gasteiger partial charge in [0.2, 0.25) is 0 Å². The predicted molar refractivity (Wildman–Crippen MR) is 124 cm³/mol. The van der Waals surface area contributed by atoms with Crippen LogP contribution >= 0.6 is 11.3 Å². The van der Waals surface area contributed by atoms with E-state index in [4.69, 9.17) is 4.74 Å². The maximum absolute atomic E-state index is 15.5. The molecule has 0 radical (unpaired) electrons. The van der Waals surface area contributed by atoms with Gasteiger partial charge in [0.1, 0.15) is 11.5 Å². The first-order valence-corrected chi connectivity index (χ1v) is 13.0. The number of carbonyl (C=O) groups is 1. The van der Waals surface area contributed by atoms with E-state index in [1.165, 1.54) is 11.3 Å². The van der Waals surface area contributed by atoms with Crippen molar-refractivity contribution in [3.8, 4) is 5.19 Å². The summed E-state index contributed by atoms with van der Waals surface area (Å²) in [4.78, 5) is 19.8. The summed E-state index contributed by atoms with van der Waals surface area (Å²) in [5.41, 5.74) is 0.512. The van der Waals surface area contributed by atoms with E-state index in [9.17, 15) is 18.0 Å². The molecule has 35 heavy (non-hydrogen) atoms. The molecule has 2 aliphatic rings. The Kier molecular flexibility index (Phi) is 8.15. The van der Waals surface area contributed by atoms with E-state index in [2.05, 4.69) is 15.0 Å². The number of nitrogens with zero attached hydrogens (tertiary/aromatic N) is 4. The van der Waals surface area contributed by atoms with Gasteiger partial charge < -0.3 is 9.64 Å². The largest absolute Gasteiger partial charge is 0.460 e. The van der Waals surface area contributed by atoms with Gasteiger partial charge in [0.25, 0.3) is 5.19 Å². The van der Waals surface area contributed by atoms with E-state index in [1.807, 2.05) is 13.2 Å². The highest BCUT2D eigenvalue weighted by atomic mass is 32.1. The SMILES string of the molecule is Cn1cc(CC(=O)CC2CCC(F)(CCN3CCc4nc(OCC(F)(F)F)sc4CC3)CC2)cn1. The minimum absolute atomic E-state index is 0.0687. The molecule has 0 unspecified atom stereocenters. The number of rotatable bonds is 9. The molecule has 0 aromatic carbocycles. The second-order valence-corrected chi connectivity index (χ2v) is 10.9. The van der Waals surface area contributed by atoms with Crippen LogP contribution in [0.3, 0.4) is 0 Å². The molecule has 1 saturated carbocycles. The average molecular weight is 517 g/mol. The van der Waals surface area contributed by atoms with Crippen molar-refractivity contribution in [2.75, 3.05) is 26.2 Å². The number of fused-ring (bicyclic) bond motifs is 1. The molecule has 1 fully saturated rings. The lowest BCUT2D eigenvalue weighted by atomic mass is 9.76. The molecule has 0 spiro atoms. The van der Waals surface area contributed by atoms with E-state index in [-0.39, 0.29) is 16.9 Å². The molecule has 1 aliphatic heterocycles. The minimum Gasteiger partial charge on any atom is -0.460 e. The number of aryl methyl sites for hydroxylation is 1. The third-order valence-electron chi connectivity index (χ3n) is 6.99. The molecule has 2 aromatic heterocycles. The zero-order chi connectivity index (χ0) is 25.1. The van der Waals surface area contributed by atoms with Gasteiger partial charge in [-0.2, -0.15) is 18.3 Å². The van der Waals surface area contributed by atoms with Gasteiger partial charge in [0, 0.05) is 57.0 Å². The van der Waals surface area contributed by atoms with Gasteiger partial charge in [0.05, 0.1) is 11.9 Å². The Labute approximate surface area is 206 Å². The van der Waals surface area contributed by atoms with Crippen LogP contribution in [0.25, 0.3) is 0 Å². The first-order chi connectivity index (χ1) is 16.6. The minimum atomic E-state index is -4.38. The summed E-state index contributed by atoms with van der Waals surface area (Å²) in [6.07, 6.45) is 4.28. The van der Waals surface area contributed by atoms with Crippen LogP contribution in [0.15, 0.2) is 12.4 Å². The number of ether oxygens (including phenoxy) is 1. The molecule has 0 atom stereocenters. The first-order valence-electron chi connectivity index (χ1n) is 12.2. The second-order valence-electron chi connectivity index (χ2n) is 9.88. The van der Waals surface area contributed by atoms with Crippen LogP contribution in [0.5, 0.6) is 5.19 Å². The molecule has 0 N–H and O–H groups in total. The fourth-order valence-corrected chi connectivity index (χ4v) is 5.95. The summed E-state index contributed by atoms with van der Waals surface area (Å²) in [6.45, 7) is 0.754. The summed E-state index contributed by atoms with van der Waals surface area (Å²) < 4.78 is 59.1. The topological polar surface area (TPSA) is 60.2 Å². The Bertz CT molecular complexity index is 973. The molecule has 11 heteroatoms. The normalized spacial score (nSPS) is 23.6. The molecule has 1 aliphatic carbocycles. The maximum atomic E-state index is 15.5. The van der Waals surface area contributed by atoms with Gasteiger partial charge >= 0.3 is 6.18 Å². The number of alkyl halides is 4. The predicted octanol–water partition coefficient (Wildman–Crippen LogP) is 4.71. The van der Waals surface area contributed by atoms with Crippen molar-refractivity contribution in [1.82, 2.24) is 19.7 Å². The van der Waals surface area contributed by atoms with Crippen LogP contribution in [0.1, 0.15) is 54.7 Å². The number of ketones is 1. The summed E-state index contributed by atoms with van der Waals surface area (Å²) in [7, 11) is 1.82. The Morgan fingerprint density at radius 3 is 2.69 bits per heavy atom. The monoisotopic (exact) mass is 516 g/mol. The number of hydrogen-bond donors (Lipinski definition) is 0. The van der Waals surface area contributed by atoms with Gasteiger partial charge in [-0.05, 0) is 50.0 Å². The van der Waals surface area contributed by atoms with Crippen LogP contribution in [0, 0.1) is 5.92 Å². The van der Waals surface area contributed by atoms with E-state index in [1.54, 1.807) is 10.9 Å². The Balaban J connectivity index is 1.17. The van der Waals surface area contributed by atoms with Gasteiger partial charge in [0.15, 0.2) is 6.61 Å². The third-order valence-corrected chi connectivity index (χ3v) is 8.06. The lowest BCUT2D eigenvalue weighted by Crippen LogP contribution is -2.36. The van der Waals surface area contributed by atoms with Crippen molar-refractivity contribution in [2.45, 2.75) is 69.6 Å². The van der Waals surface area contributed by atoms with Crippen molar-refractivity contribution in [3.05, 3.63) is 28.5 Å². The van der Waals surface area contributed by atoms with Crippen molar-refractivity contribution in [3.63, 3.8) is 0 Å². The average Bonchev–Trinajstić information content (AvgIpc) is 3.33. The van der Waals surface area contributed by atoms with Crippen molar-refractivity contribution in [1.29, 1.82) is 0 Å². The quantitative estimate of drug-likeness (QED) is 0.452. The molecule has 194 valence electrons. The smallest absolute Gasteiger partial charge is 0.422 e. The standard InChI is InChI=1S/C24H32F4N4O2S/c1-31-15-18(14-29-31)13-19(33)12-17-2-6-23(25,7-3-17)8-11-32-9-4-20-21(5-10-32)35-22(30-20)34-16-24(26,27)28/h14-15,17H,2-13,16H2,1H3. The van der Waals surface area contributed by atoms with E-state index >= 15 is 4.39 Å². The first kappa shape index (κ1) is 26.1. The number of Topliss-reactive ketones (excluding diaryl/α,β-unsaturated/α-hetero) is 1. The lowest BCUT2D eigenvalue weighted by molar-refractivity contribution is -0.153. The summed E-state index contributed by atoms with van der Waals surface area (Å²) >= 11 is 1.18. The molecular formula is C24H32F4N4O2S. The number of aromatic nitrogens is 3. The van der Waals surface area contributed by atoms with Crippen LogP contribution in [0.4, 0.5) is 17.6 Å². The van der Waals surface area contributed by atoms with Gasteiger partial charge in [-0.3, -0.25) is 9.48 Å². The van der Waals surface area contributed by atoms with E-state index in [0.29, 0.717) is 58.0 Å². The van der Waals surface area contributed by atoms with E-state index < -0.39 is 18.5 Å². The Morgan fingerprint density at radius 1 is 1.26 bits per heavy atom. The zero-order valence-corrected chi connectivity index (χ0v) is 20.8.